The molecule has 1 aliphatic heterocycles. The van der Waals surface area contributed by atoms with Crippen LogP contribution in [0.3, 0.4) is 0 Å². The summed E-state index contributed by atoms with van der Waals surface area (Å²) in [5.74, 6) is 0. The number of aromatic nitrogens is 1. The second-order valence-corrected chi connectivity index (χ2v) is 26.6. The molecule has 0 bridgehead atoms. The molecule has 1 aliphatic rings. The van der Waals surface area contributed by atoms with Crippen LogP contribution in [0.5, 0.6) is 0 Å². The third-order valence-corrected chi connectivity index (χ3v) is 17.5. The van der Waals surface area contributed by atoms with Crippen molar-refractivity contribution in [3.63, 3.8) is 0 Å². The molecular weight excluding hydrogens is 910 g/mol. The van der Waals surface area contributed by atoms with E-state index in [0.29, 0.717) is 0 Å². The number of nitrogens with zero attached hydrogens (tertiary/aromatic N) is 2. The molecule has 0 saturated heterocycles. The van der Waals surface area contributed by atoms with Crippen molar-refractivity contribution < 1.29 is 0 Å². The molecular formula is C66H64BN3S2. The second-order valence-electron chi connectivity index (χ2n) is 24.4. The minimum Gasteiger partial charge on any atom is -0.355 e. The highest BCUT2D eigenvalue weighted by Crippen LogP contribution is 2.46. The molecule has 0 aliphatic carbocycles. The highest BCUT2D eigenvalue weighted by molar-refractivity contribution is 7.29. The number of benzene rings is 8. The average molecular weight is 974 g/mol. The van der Waals surface area contributed by atoms with E-state index in [1.807, 2.05) is 22.7 Å². The quantitative estimate of drug-likeness (QED) is 0.168. The van der Waals surface area contributed by atoms with Crippen LogP contribution in [0.25, 0.3) is 68.9 Å². The number of fused-ring (bicyclic) bond motifs is 10. The molecule has 1 N–H and O–H groups in total. The van der Waals surface area contributed by atoms with E-state index in [0.717, 1.165) is 35.7 Å². The van der Waals surface area contributed by atoms with E-state index >= 15 is 0 Å². The summed E-state index contributed by atoms with van der Waals surface area (Å²) < 4.78 is 8.08. The van der Waals surface area contributed by atoms with Gasteiger partial charge in [-0.1, -0.05) is 156 Å². The molecule has 0 saturated carbocycles. The highest BCUT2D eigenvalue weighted by atomic mass is 32.1. The topological polar surface area (TPSA) is 20.2 Å². The van der Waals surface area contributed by atoms with Crippen molar-refractivity contribution in [2.24, 2.45) is 0 Å². The Morgan fingerprint density at radius 3 is 1.62 bits per heavy atom. The molecule has 0 spiro atoms. The standard InChI is InChI=1S/C66H64BN3S2/c1-63(2,3)39-17-24-43(25-18-39)68-54-33-30-46(69(44-26-19-40(20-27-44)64(4,5)6)45-28-21-41(22-29-45)65(7,8)9)36-50(54)48-31-32-49-51-37-52-47-15-13-14-16-56(47)71-58(52)38-55(51)70-60(49)59(48)67-62-61(70)53-35-42(66(10,11)12)23-34-57(53)72-62/h13-38,67-68H,1-12H3. The van der Waals surface area contributed by atoms with Crippen LogP contribution in [0.4, 0.5) is 28.4 Å². The smallest absolute Gasteiger partial charge is 0.211 e. The maximum absolute atomic E-state index is 3.98. The van der Waals surface area contributed by atoms with Crippen LogP contribution in [0.1, 0.15) is 105 Å². The number of thiophene rings is 2. The van der Waals surface area contributed by atoms with Crippen LogP contribution in [0, 0.1) is 0 Å². The molecule has 0 atom stereocenters. The van der Waals surface area contributed by atoms with Gasteiger partial charge in [-0.25, -0.2) is 0 Å². The number of hydrogen-bond donors (Lipinski definition) is 1. The van der Waals surface area contributed by atoms with Gasteiger partial charge in [0.1, 0.15) is 0 Å². The Bertz CT molecular complexity index is 3880. The van der Waals surface area contributed by atoms with Gasteiger partial charge in [0.05, 0.1) is 11.2 Å². The third-order valence-electron chi connectivity index (χ3n) is 15.3. The molecule has 0 fully saturated rings. The molecule has 3 nitrogen and oxygen atoms in total. The highest BCUT2D eigenvalue weighted by Gasteiger charge is 2.31. The maximum atomic E-state index is 3.98. The number of hydrogen-bond acceptors (Lipinski definition) is 4. The van der Waals surface area contributed by atoms with Crippen molar-refractivity contribution in [1.29, 1.82) is 0 Å². The molecule has 0 unspecified atom stereocenters. The van der Waals surface area contributed by atoms with Gasteiger partial charge >= 0.3 is 0 Å². The van der Waals surface area contributed by atoms with Crippen molar-refractivity contribution >= 4 is 121 Å². The average Bonchev–Trinajstić information content (AvgIpc) is 4.00. The van der Waals surface area contributed by atoms with Gasteiger partial charge in [0, 0.05) is 80.5 Å². The fourth-order valence-electron chi connectivity index (χ4n) is 11.1. The molecule has 358 valence electrons. The molecule has 11 aromatic rings. The molecule has 6 heteroatoms. The number of nitrogens with one attached hydrogen (secondary N) is 1. The fraction of sp³-hybridized carbons (Fsp3) is 0.242. The van der Waals surface area contributed by atoms with Gasteiger partial charge in [0.2, 0.25) is 7.28 Å². The molecule has 0 amide bonds. The van der Waals surface area contributed by atoms with Gasteiger partial charge < -0.3 is 14.8 Å². The minimum absolute atomic E-state index is 0.0265. The Balaban J connectivity index is 1.13. The van der Waals surface area contributed by atoms with E-state index < -0.39 is 0 Å². The zero-order valence-electron chi connectivity index (χ0n) is 43.9. The van der Waals surface area contributed by atoms with Crippen LogP contribution >= 0.6 is 22.7 Å². The van der Waals surface area contributed by atoms with Crippen molar-refractivity contribution in [1.82, 2.24) is 4.57 Å². The summed E-state index contributed by atoms with van der Waals surface area (Å²) in [4.78, 5) is 2.44. The first kappa shape index (κ1) is 46.5. The van der Waals surface area contributed by atoms with Crippen LogP contribution in [-0.4, -0.2) is 11.8 Å². The SMILES string of the molecule is CC(C)(C)c1ccc(Nc2ccc(N(c3ccc(C(C)(C)C)cc3)c3ccc(C(C)(C)C)cc3)cc2-c2ccc3c4cc5c(cc4n4c3c2Bc2sc3ccc(C(C)(C)C)cc3c2-4)sc2ccccc25)cc1. The molecule has 4 heterocycles. The lowest BCUT2D eigenvalue weighted by Crippen LogP contribution is -2.35. The van der Waals surface area contributed by atoms with E-state index in [-0.39, 0.29) is 21.7 Å². The minimum atomic E-state index is 0.0265. The number of anilines is 5. The Labute approximate surface area is 434 Å². The zero-order chi connectivity index (χ0) is 50.2. The van der Waals surface area contributed by atoms with Crippen LogP contribution in [0.15, 0.2) is 158 Å². The lowest BCUT2D eigenvalue weighted by atomic mass is 9.63. The summed E-state index contributed by atoms with van der Waals surface area (Å²) >= 11 is 3.87. The van der Waals surface area contributed by atoms with E-state index in [9.17, 15) is 0 Å². The van der Waals surface area contributed by atoms with Gasteiger partial charge in [-0.05, 0) is 145 Å². The van der Waals surface area contributed by atoms with Gasteiger partial charge in [-0.2, -0.15) is 0 Å². The van der Waals surface area contributed by atoms with Gasteiger partial charge in [0.15, 0.2) is 0 Å². The predicted octanol–water partition coefficient (Wildman–Crippen LogP) is 18.1. The molecule has 0 radical (unpaired) electrons. The largest absolute Gasteiger partial charge is 0.355 e. The van der Waals surface area contributed by atoms with Crippen LogP contribution < -0.4 is 20.5 Å². The zero-order valence-corrected chi connectivity index (χ0v) is 45.6. The Morgan fingerprint density at radius 1 is 0.431 bits per heavy atom. The number of rotatable bonds is 6. The van der Waals surface area contributed by atoms with Gasteiger partial charge in [-0.15, -0.1) is 22.7 Å². The van der Waals surface area contributed by atoms with E-state index in [1.54, 1.807) is 0 Å². The second kappa shape index (κ2) is 16.5. The first-order valence-corrected chi connectivity index (χ1v) is 27.3. The van der Waals surface area contributed by atoms with Crippen molar-refractivity contribution in [3.8, 4) is 16.8 Å². The van der Waals surface area contributed by atoms with Crippen LogP contribution in [-0.2, 0) is 21.7 Å². The molecule has 12 rings (SSSR count). The van der Waals surface area contributed by atoms with E-state index in [1.165, 1.54) is 101 Å². The molecule has 72 heavy (non-hydrogen) atoms. The van der Waals surface area contributed by atoms with Gasteiger partial charge in [-0.3, -0.25) is 0 Å². The summed E-state index contributed by atoms with van der Waals surface area (Å²) in [5.41, 5.74) is 18.7. The maximum Gasteiger partial charge on any atom is 0.211 e. The molecule has 8 aromatic carbocycles. The molecule has 3 aromatic heterocycles. The summed E-state index contributed by atoms with van der Waals surface area (Å²) in [6, 6.07) is 60.5. The summed E-state index contributed by atoms with van der Waals surface area (Å²) in [6.45, 7) is 27.6. The van der Waals surface area contributed by atoms with Gasteiger partial charge in [0.25, 0.3) is 0 Å². The fourth-order valence-corrected chi connectivity index (χ4v) is 13.4. The predicted molar refractivity (Wildman–Crippen MR) is 320 cm³/mol. The summed E-state index contributed by atoms with van der Waals surface area (Å²) in [6.07, 6.45) is 0. The van der Waals surface area contributed by atoms with Crippen molar-refractivity contribution in [3.05, 3.63) is 180 Å². The first-order valence-electron chi connectivity index (χ1n) is 25.7. The van der Waals surface area contributed by atoms with E-state index in [4.69, 9.17) is 0 Å². The monoisotopic (exact) mass is 973 g/mol. The Kier molecular flexibility index (Phi) is 10.6. The van der Waals surface area contributed by atoms with E-state index in [2.05, 4.69) is 256 Å². The normalized spacial score (nSPS) is 13.1. The van der Waals surface area contributed by atoms with Crippen molar-refractivity contribution in [2.45, 2.75) is 105 Å². The Hall–Kier alpha value is -6.60. The Morgan fingerprint density at radius 2 is 1.00 bits per heavy atom. The third kappa shape index (κ3) is 7.85. The lowest BCUT2D eigenvalue weighted by molar-refractivity contribution is 0.590. The first-order chi connectivity index (χ1) is 34.2. The summed E-state index contributed by atoms with van der Waals surface area (Å²) in [5, 5.41) is 10.6. The van der Waals surface area contributed by atoms with Crippen molar-refractivity contribution in [2.75, 3.05) is 10.2 Å². The summed E-state index contributed by atoms with van der Waals surface area (Å²) in [7, 11) is 0.843. The van der Waals surface area contributed by atoms with Crippen LogP contribution in [0.2, 0.25) is 0 Å². The lowest BCUT2D eigenvalue weighted by Gasteiger charge is -2.29.